The molecule has 0 amide bonds. The molecular formula is C18H26F2O3. The smallest absolute Gasteiger partial charge is 0.317 e. The lowest BCUT2D eigenvalue weighted by molar-refractivity contribution is -0.176. The Labute approximate surface area is 136 Å². The minimum Gasteiger partial charge on any atom is -0.469 e. The number of esters is 1. The fourth-order valence-electron chi connectivity index (χ4n) is 2.71. The summed E-state index contributed by atoms with van der Waals surface area (Å²) in [4.78, 5) is 11.8. The van der Waals surface area contributed by atoms with E-state index in [4.69, 9.17) is 0 Å². The van der Waals surface area contributed by atoms with E-state index in [-0.39, 0.29) is 11.0 Å². The van der Waals surface area contributed by atoms with E-state index in [9.17, 15) is 18.7 Å². The van der Waals surface area contributed by atoms with Gasteiger partial charge in [0.2, 0.25) is 0 Å². The van der Waals surface area contributed by atoms with Gasteiger partial charge in [-0.25, -0.2) is 8.78 Å². The lowest BCUT2D eigenvalue weighted by atomic mass is 9.73. The van der Waals surface area contributed by atoms with Crippen molar-refractivity contribution in [2.24, 2.45) is 11.8 Å². The lowest BCUT2D eigenvalue weighted by Crippen LogP contribution is -2.48. The highest BCUT2D eigenvalue weighted by molar-refractivity contribution is 5.74. The zero-order valence-electron chi connectivity index (χ0n) is 14.6. The molecule has 0 aliphatic carbocycles. The van der Waals surface area contributed by atoms with Crippen LogP contribution in [0.1, 0.15) is 45.7 Å². The van der Waals surface area contributed by atoms with Crippen LogP contribution in [0.4, 0.5) is 8.78 Å². The van der Waals surface area contributed by atoms with E-state index in [1.807, 2.05) is 20.8 Å². The molecule has 5 heteroatoms. The van der Waals surface area contributed by atoms with Crippen LogP contribution in [0.3, 0.4) is 0 Å². The summed E-state index contributed by atoms with van der Waals surface area (Å²) >= 11 is 0. The number of ether oxygens (including phenoxy) is 1. The molecule has 2 unspecified atom stereocenters. The number of benzene rings is 1. The number of alkyl halides is 2. The molecule has 1 aromatic carbocycles. The molecule has 0 radical (unpaired) electrons. The molecule has 0 saturated heterocycles. The van der Waals surface area contributed by atoms with E-state index in [0.717, 1.165) is 12.7 Å². The number of methoxy groups -OCH3 is 1. The highest BCUT2D eigenvalue weighted by Gasteiger charge is 2.51. The molecule has 130 valence electrons. The van der Waals surface area contributed by atoms with Gasteiger partial charge in [0.15, 0.2) is 5.92 Å². The van der Waals surface area contributed by atoms with Crippen LogP contribution in [-0.4, -0.2) is 24.6 Å². The quantitative estimate of drug-likeness (QED) is 0.834. The molecule has 0 bridgehead atoms. The first-order valence-corrected chi connectivity index (χ1v) is 7.65. The fourth-order valence-corrected chi connectivity index (χ4v) is 2.71. The maximum Gasteiger partial charge on any atom is 0.317 e. The second-order valence-electron chi connectivity index (χ2n) is 7.14. The van der Waals surface area contributed by atoms with Gasteiger partial charge in [-0.1, -0.05) is 58.9 Å². The minimum atomic E-state index is -3.03. The van der Waals surface area contributed by atoms with Crippen LogP contribution in [0.5, 0.6) is 0 Å². The van der Waals surface area contributed by atoms with Crippen molar-refractivity contribution >= 4 is 5.97 Å². The van der Waals surface area contributed by atoms with Crippen LogP contribution in [0.15, 0.2) is 24.3 Å². The normalized spacial score (nSPS) is 16.3. The van der Waals surface area contributed by atoms with Gasteiger partial charge < -0.3 is 9.84 Å². The van der Waals surface area contributed by atoms with Gasteiger partial charge in [0.1, 0.15) is 5.60 Å². The number of carbonyl (C=O) groups is 1. The number of carbonyl (C=O) groups excluding carboxylic acids is 1. The molecular weight excluding hydrogens is 302 g/mol. The summed E-state index contributed by atoms with van der Waals surface area (Å²) in [5.41, 5.74) is -0.799. The third-order valence-corrected chi connectivity index (χ3v) is 4.27. The van der Waals surface area contributed by atoms with Crippen LogP contribution in [-0.2, 0) is 20.5 Å². The molecule has 0 saturated carbocycles. The largest absolute Gasteiger partial charge is 0.469 e. The molecule has 0 aromatic heterocycles. The van der Waals surface area contributed by atoms with Crippen LogP contribution < -0.4 is 0 Å². The van der Waals surface area contributed by atoms with Gasteiger partial charge in [0.05, 0.1) is 7.11 Å². The monoisotopic (exact) mass is 328 g/mol. The third kappa shape index (κ3) is 3.89. The van der Waals surface area contributed by atoms with E-state index < -0.39 is 29.8 Å². The standard InChI is InChI=1S/C18H26F2O3/c1-11(2)18(22,14(15(19)20)16(21)23-6)13-9-7-12(8-10-13)17(3,4)5/h7-11,14-15,22H,1-6H3. The molecule has 0 spiro atoms. The number of rotatable bonds is 5. The summed E-state index contributed by atoms with van der Waals surface area (Å²) in [6.45, 7) is 9.32. The van der Waals surface area contributed by atoms with Crippen molar-refractivity contribution in [1.82, 2.24) is 0 Å². The summed E-state index contributed by atoms with van der Waals surface area (Å²) in [7, 11) is 1.04. The summed E-state index contributed by atoms with van der Waals surface area (Å²) in [5.74, 6) is -3.65. The first kappa shape index (κ1) is 19.6. The summed E-state index contributed by atoms with van der Waals surface area (Å²) in [6, 6.07) is 6.81. The van der Waals surface area contributed by atoms with E-state index in [1.54, 1.807) is 38.1 Å². The zero-order valence-corrected chi connectivity index (χ0v) is 14.6. The van der Waals surface area contributed by atoms with Crippen LogP contribution in [0.2, 0.25) is 0 Å². The van der Waals surface area contributed by atoms with E-state index >= 15 is 0 Å². The number of hydrogen-bond donors (Lipinski definition) is 1. The third-order valence-electron chi connectivity index (χ3n) is 4.27. The first-order valence-electron chi connectivity index (χ1n) is 7.65. The number of aliphatic hydroxyl groups is 1. The van der Waals surface area contributed by atoms with Gasteiger partial charge in [-0.2, -0.15) is 0 Å². The highest BCUT2D eigenvalue weighted by Crippen LogP contribution is 2.41. The molecule has 2 atom stereocenters. The number of hydrogen-bond acceptors (Lipinski definition) is 3. The molecule has 0 aliphatic rings. The van der Waals surface area contributed by atoms with Crippen molar-refractivity contribution in [1.29, 1.82) is 0 Å². The summed E-state index contributed by atoms with van der Waals surface area (Å²) < 4.78 is 31.5. The zero-order chi connectivity index (χ0) is 18.0. The van der Waals surface area contributed by atoms with Crippen molar-refractivity contribution in [3.8, 4) is 0 Å². The van der Waals surface area contributed by atoms with Gasteiger partial charge in [0.25, 0.3) is 6.43 Å². The Morgan fingerprint density at radius 3 is 1.83 bits per heavy atom. The molecule has 23 heavy (non-hydrogen) atoms. The Bertz CT molecular complexity index is 532. The van der Waals surface area contributed by atoms with Crippen molar-refractivity contribution in [2.45, 2.75) is 52.1 Å². The van der Waals surface area contributed by atoms with Crippen LogP contribution in [0.25, 0.3) is 0 Å². The van der Waals surface area contributed by atoms with Gasteiger partial charge >= 0.3 is 5.97 Å². The predicted molar refractivity (Wildman–Crippen MR) is 85.4 cm³/mol. The van der Waals surface area contributed by atoms with E-state index in [2.05, 4.69) is 4.74 Å². The Morgan fingerprint density at radius 2 is 1.52 bits per heavy atom. The molecule has 1 rings (SSSR count). The Balaban J connectivity index is 3.41. The van der Waals surface area contributed by atoms with Crippen molar-refractivity contribution in [3.05, 3.63) is 35.4 Å². The van der Waals surface area contributed by atoms with Gasteiger partial charge in [-0.05, 0) is 22.5 Å². The van der Waals surface area contributed by atoms with Crippen LogP contribution in [0, 0.1) is 11.8 Å². The predicted octanol–water partition coefficient (Wildman–Crippen LogP) is 3.88. The minimum absolute atomic E-state index is 0.0983. The van der Waals surface area contributed by atoms with Crippen molar-refractivity contribution < 1.29 is 23.4 Å². The Hall–Kier alpha value is -1.49. The van der Waals surface area contributed by atoms with Gasteiger partial charge in [0, 0.05) is 0 Å². The highest BCUT2D eigenvalue weighted by atomic mass is 19.3. The van der Waals surface area contributed by atoms with E-state index in [1.165, 1.54) is 0 Å². The summed E-state index contributed by atoms with van der Waals surface area (Å²) in [5, 5.41) is 11.0. The molecule has 3 nitrogen and oxygen atoms in total. The first-order chi connectivity index (χ1) is 10.5. The van der Waals surface area contributed by atoms with Gasteiger partial charge in [-0.3, -0.25) is 4.79 Å². The average molecular weight is 328 g/mol. The lowest BCUT2D eigenvalue weighted by Gasteiger charge is -2.38. The van der Waals surface area contributed by atoms with Crippen molar-refractivity contribution in [2.75, 3.05) is 7.11 Å². The maximum absolute atomic E-state index is 13.5. The van der Waals surface area contributed by atoms with E-state index in [0.29, 0.717) is 0 Å². The van der Waals surface area contributed by atoms with Crippen LogP contribution >= 0.6 is 0 Å². The molecule has 0 fully saturated rings. The Kier molecular flexibility index (Phi) is 5.91. The van der Waals surface area contributed by atoms with Gasteiger partial charge in [-0.15, -0.1) is 0 Å². The molecule has 0 aliphatic heterocycles. The number of halogens is 2. The second-order valence-corrected chi connectivity index (χ2v) is 7.14. The SMILES string of the molecule is COC(=O)C(C(F)F)C(O)(c1ccc(C(C)(C)C)cc1)C(C)C. The fraction of sp³-hybridized carbons (Fsp3) is 0.611. The Morgan fingerprint density at radius 1 is 1.09 bits per heavy atom. The average Bonchev–Trinajstić information content (AvgIpc) is 2.45. The van der Waals surface area contributed by atoms with Crippen molar-refractivity contribution in [3.63, 3.8) is 0 Å². The maximum atomic E-state index is 13.5. The molecule has 1 aromatic rings. The molecule has 0 heterocycles. The topological polar surface area (TPSA) is 46.5 Å². The summed E-state index contributed by atoms with van der Waals surface area (Å²) in [6.07, 6.45) is -3.03. The molecule has 1 N–H and O–H groups in total. The second kappa shape index (κ2) is 6.95.